The molecule has 5 nitrogen and oxygen atoms in total. The number of carbonyl (C=O) groups is 1. The number of rotatable bonds is 5. The molecular formula is C12H19N3O2S. The van der Waals surface area contributed by atoms with Crippen LogP contribution in [0.5, 0.6) is 0 Å². The van der Waals surface area contributed by atoms with Crippen LogP contribution in [-0.4, -0.2) is 28.7 Å². The smallest absolute Gasteiger partial charge is 0.273 e. The van der Waals surface area contributed by atoms with Crippen molar-refractivity contribution in [2.45, 2.75) is 32.7 Å². The fraction of sp³-hybridized carbons (Fsp3) is 0.583. The second-order valence-corrected chi connectivity index (χ2v) is 5.17. The van der Waals surface area contributed by atoms with Crippen molar-refractivity contribution in [3.8, 4) is 0 Å². The van der Waals surface area contributed by atoms with Gasteiger partial charge in [-0.3, -0.25) is 9.63 Å². The Morgan fingerprint density at radius 1 is 1.39 bits per heavy atom. The Hall–Kier alpha value is -1.14. The molecule has 1 N–H and O–H groups in total. The molecule has 0 unspecified atom stereocenters. The van der Waals surface area contributed by atoms with Crippen molar-refractivity contribution in [2.75, 3.05) is 12.9 Å². The molecule has 0 aliphatic carbocycles. The Bertz CT molecular complexity index is 436. The Labute approximate surface area is 112 Å². The summed E-state index contributed by atoms with van der Waals surface area (Å²) in [6.45, 7) is 8.11. The van der Waals surface area contributed by atoms with E-state index >= 15 is 0 Å². The van der Waals surface area contributed by atoms with E-state index in [1.807, 2.05) is 27.0 Å². The highest BCUT2D eigenvalue weighted by molar-refractivity contribution is 7.98. The third-order valence-corrected chi connectivity index (χ3v) is 2.85. The molecule has 0 spiro atoms. The van der Waals surface area contributed by atoms with Gasteiger partial charge in [0, 0.05) is 0 Å². The maximum absolute atomic E-state index is 12.0. The van der Waals surface area contributed by atoms with Gasteiger partial charge in [-0.2, -0.15) is 0 Å². The molecular weight excluding hydrogens is 250 g/mol. The first kappa shape index (κ1) is 14.9. The number of thioether (sulfide) groups is 1. The number of nitrogens with zero attached hydrogens (tertiary/aromatic N) is 2. The molecule has 0 atom stereocenters. The van der Waals surface area contributed by atoms with Gasteiger partial charge < -0.3 is 0 Å². The topological polar surface area (TPSA) is 64.1 Å². The first-order valence-electron chi connectivity index (χ1n) is 5.77. The molecule has 0 fully saturated rings. The molecule has 0 aliphatic heterocycles. The molecule has 6 heteroatoms. The fourth-order valence-corrected chi connectivity index (χ4v) is 2.08. The number of nitrogens with one attached hydrogen (secondary N) is 1. The lowest BCUT2D eigenvalue weighted by molar-refractivity contribution is 0.0205. The molecule has 1 amide bonds. The summed E-state index contributed by atoms with van der Waals surface area (Å²) in [7, 11) is 0. The number of aromatic nitrogens is 2. The monoisotopic (exact) mass is 269 g/mol. The van der Waals surface area contributed by atoms with Crippen LogP contribution >= 0.6 is 11.8 Å². The van der Waals surface area contributed by atoms with Crippen LogP contribution in [0.3, 0.4) is 0 Å². The molecule has 100 valence electrons. The van der Waals surface area contributed by atoms with Crippen LogP contribution < -0.4 is 5.48 Å². The molecule has 0 aliphatic rings. The molecule has 1 rings (SSSR count). The minimum absolute atomic E-state index is 0.294. The van der Waals surface area contributed by atoms with Crippen LogP contribution in [0.2, 0.25) is 0 Å². The first-order chi connectivity index (χ1) is 8.45. The van der Waals surface area contributed by atoms with Gasteiger partial charge in [0.15, 0.2) is 0 Å². The highest BCUT2D eigenvalue weighted by Gasteiger charge is 2.17. The van der Waals surface area contributed by atoms with E-state index in [-0.39, 0.29) is 5.91 Å². The molecule has 0 aromatic carbocycles. The van der Waals surface area contributed by atoms with Gasteiger partial charge >= 0.3 is 0 Å². The minimum Gasteiger partial charge on any atom is -0.273 e. The molecule has 1 heterocycles. The van der Waals surface area contributed by atoms with E-state index in [0.29, 0.717) is 34.6 Å². The zero-order chi connectivity index (χ0) is 13.7. The second kappa shape index (κ2) is 6.70. The van der Waals surface area contributed by atoms with Crippen molar-refractivity contribution in [1.29, 1.82) is 0 Å². The van der Waals surface area contributed by atoms with E-state index in [2.05, 4.69) is 15.4 Å². The van der Waals surface area contributed by atoms with Gasteiger partial charge in [-0.15, -0.1) is 11.8 Å². The second-order valence-electron chi connectivity index (χ2n) is 4.38. The largest absolute Gasteiger partial charge is 0.279 e. The Morgan fingerprint density at radius 3 is 2.61 bits per heavy atom. The van der Waals surface area contributed by atoms with E-state index < -0.39 is 0 Å². The highest BCUT2D eigenvalue weighted by atomic mass is 32.2. The lowest BCUT2D eigenvalue weighted by Gasteiger charge is -2.11. The Kier molecular flexibility index (Phi) is 5.55. The number of hydroxylamine groups is 1. The van der Waals surface area contributed by atoms with Crippen LogP contribution in [-0.2, 0) is 4.84 Å². The van der Waals surface area contributed by atoms with Gasteiger partial charge in [-0.25, -0.2) is 15.4 Å². The standard InChI is InChI=1S/C12H19N3O2S/c1-7(2)6-17-15-11(16)10-8(3)13-9(4)14-12(10)18-5/h7H,6H2,1-5H3,(H,15,16). The molecule has 1 aromatic heterocycles. The number of hydrogen-bond acceptors (Lipinski definition) is 5. The van der Waals surface area contributed by atoms with Crippen LogP contribution in [0.4, 0.5) is 0 Å². The van der Waals surface area contributed by atoms with Crippen LogP contribution in [0.1, 0.15) is 35.7 Å². The highest BCUT2D eigenvalue weighted by Crippen LogP contribution is 2.20. The average molecular weight is 269 g/mol. The summed E-state index contributed by atoms with van der Waals surface area (Å²) in [5.74, 6) is 0.731. The normalized spacial score (nSPS) is 10.8. The maximum atomic E-state index is 12.0. The predicted octanol–water partition coefficient (Wildman–Crippen LogP) is 2.13. The zero-order valence-electron chi connectivity index (χ0n) is 11.4. The predicted molar refractivity (Wildman–Crippen MR) is 71.5 cm³/mol. The summed E-state index contributed by atoms with van der Waals surface area (Å²) in [6.07, 6.45) is 1.88. The third kappa shape index (κ3) is 3.96. The Morgan fingerprint density at radius 2 is 2.06 bits per heavy atom. The van der Waals surface area contributed by atoms with Crippen molar-refractivity contribution in [3.63, 3.8) is 0 Å². The number of aryl methyl sites for hydroxylation is 2. The van der Waals surface area contributed by atoms with E-state index in [9.17, 15) is 4.79 Å². The number of carbonyl (C=O) groups excluding carboxylic acids is 1. The molecule has 1 aromatic rings. The van der Waals surface area contributed by atoms with Crippen molar-refractivity contribution in [3.05, 3.63) is 17.1 Å². The molecule has 0 saturated heterocycles. The van der Waals surface area contributed by atoms with Crippen LogP contribution in [0, 0.1) is 19.8 Å². The van der Waals surface area contributed by atoms with Gasteiger partial charge in [0.25, 0.3) is 5.91 Å². The summed E-state index contributed by atoms with van der Waals surface area (Å²) in [4.78, 5) is 25.6. The van der Waals surface area contributed by atoms with Crippen LogP contribution in [0.25, 0.3) is 0 Å². The van der Waals surface area contributed by atoms with Crippen molar-refractivity contribution < 1.29 is 9.63 Å². The molecule has 0 bridgehead atoms. The van der Waals surface area contributed by atoms with Crippen molar-refractivity contribution >= 4 is 17.7 Å². The zero-order valence-corrected chi connectivity index (χ0v) is 12.2. The number of hydrogen-bond donors (Lipinski definition) is 1. The first-order valence-corrected chi connectivity index (χ1v) is 6.99. The minimum atomic E-state index is -0.294. The SMILES string of the molecule is CSc1nc(C)nc(C)c1C(=O)NOCC(C)C. The number of amides is 1. The van der Waals surface area contributed by atoms with Gasteiger partial charge in [-0.1, -0.05) is 13.8 Å². The van der Waals surface area contributed by atoms with Crippen LogP contribution in [0.15, 0.2) is 5.03 Å². The fourth-order valence-electron chi connectivity index (χ4n) is 1.42. The van der Waals surface area contributed by atoms with E-state index in [0.717, 1.165) is 0 Å². The van der Waals surface area contributed by atoms with E-state index in [4.69, 9.17) is 4.84 Å². The van der Waals surface area contributed by atoms with Crippen molar-refractivity contribution in [2.24, 2.45) is 5.92 Å². The summed E-state index contributed by atoms with van der Waals surface area (Å²) in [6, 6.07) is 0. The summed E-state index contributed by atoms with van der Waals surface area (Å²) >= 11 is 1.42. The van der Waals surface area contributed by atoms with Gasteiger partial charge in [-0.05, 0) is 26.0 Å². The lowest BCUT2D eigenvalue weighted by Crippen LogP contribution is -2.27. The summed E-state index contributed by atoms with van der Waals surface area (Å²) in [5.41, 5.74) is 3.58. The average Bonchev–Trinajstić information content (AvgIpc) is 2.26. The van der Waals surface area contributed by atoms with Gasteiger partial charge in [0.05, 0.1) is 17.9 Å². The summed E-state index contributed by atoms with van der Waals surface area (Å²) < 4.78 is 0. The maximum Gasteiger partial charge on any atom is 0.279 e. The quantitative estimate of drug-likeness (QED) is 0.504. The van der Waals surface area contributed by atoms with Crippen molar-refractivity contribution in [1.82, 2.24) is 15.4 Å². The third-order valence-electron chi connectivity index (χ3n) is 2.17. The molecule has 18 heavy (non-hydrogen) atoms. The summed E-state index contributed by atoms with van der Waals surface area (Å²) in [5, 5.41) is 0.672. The van der Waals surface area contributed by atoms with Gasteiger partial charge in [0.1, 0.15) is 10.9 Å². The Balaban J connectivity index is 2.84. The molecule has 0 radical (unpaired) electrons. The van der Waals surface area contributed by atoms with Gasteiger partial charge in [0.2, 0.25) is 0 Å². The van der Waals surface area contributed by atoms with E-state index in [1.165, 1.54) is 11.8 Å². The van der Waals surface area contributed by atoms with E-state index in [1.54, 1.807) is 6.92 Å². The lowest BCUT2D eigenvalue weighted by atomic mass is 10.2. The molecule has 0 saturated carbocycles.